The van der Waals surface area contributed by atoms with Crippen molar-refractivity contribution in [2.45, 2.75) is 6.92 Å². The summed E-state index contributed by atoms with van der Waals surface area (Å²) in [6.07, 6.45) is 1.34. The number of nitrogens with zero attached hydrogens (tertiary/aromatic N) is 2. The minimum absolute atomic E-state index is 0.0260. The molecule has 1 aromatic heterocycles. The molecule has 0 aliphatic rings. The number of esters is 1. The Kier molecular flexibility index (Phi) is 3.75. The molecule has 15 heavy (non-hydrogen) atoms. The predicted octanol–water partition coefficient (Wildman–Crippen LogP) is 0.251. The Labute approximate surface area is 91.8 Å². The summed E-state index contributed by atoms with van der Waals surface area (Å²) >= 11 is 4.82. The smallest absolute Gasteiger partial charge is 0.342 e. The maximum absolute atomic E-state index is 11.5. The molecule has 0 bridgehead atoms. The molecule has 6 nitrogen and oxygen atoms in total. The van der Waals surface area contributed by atoms with E-state index in [0.717, 1.165) is 0 Å². The van der Waals surface area contributed by atoms with Gasteiger partial charge in [0.15, 0.2) is 0 Å². The Hall–Kier alpha value is -1.47. The van der Waals surface area contributed by atoms with Crippen LogP contribution in [0, 0.1) is 0 Å². The molecule has 82 valence electrons. The van der Waals surface area contributed by atoms with E-state index in [1.165, 1.54) is 10.9 Å². The van der Waals surface area contributed by atoms with Crippen LogP contribution in [-0.2, 0) is 11.8 Å². The van der Waals surface area contributed by atoms with Crippen molar-refractivity contribution in [3.63, 3.8) is 0 Å². The highest BCUT2D eigenvalue weighted by Crippen LogP contribution is 2.09. The molecule has 0 aliphatic heterocycles. The van der Waals surface area contributed by atoms with Gasteiger partial charge in [-0.2, -0.15) is 5.10 Å². The summed E-state index contributed by atoms with van der Waals surface area (Å²) in [6, 6.07) is 0. The number of hydrogen-bond acceptors (Lipinski definition) is 5. The Morgan fingerprint density at radius 2 is 2.47 bits per heavy atom. The summed E-state index contributed by atoms with van der Waals surface area (Å²) in [5.41, 5.74) is 2.36. The molecule has 0 aromatic carbocycles. The molecule has 2 N–H and O–H groups in total. The molecule has 1 heterocycles. The van der Waals surface area contributed by atoms with E-state index in [0.29, 0.717) is 5.69 Å². The molecule has 0 aliphatic carbocycles. The van der Waals surface area contributed by atoms with E-state index in [1.54, 1.807) is 14.0 Å². The molecule has 0 spiro atoms. The normalized spacial score (nSPS) is 9.80. The average Bonchev–Trinajstić information content (AvgIpc) is 2.59. The quantitative estimate of drug-likeness (QED) is 0.439. The van der Waals surface area contributed by atoms with Crippen molar-refractivity contribution in [3.05, 3.63) is 17.5 Å². The summed E-state index contributed by atoms with van der Waals surface area (Å²) < 4.78 is 6.20. The lowest BCUT2D eigenvalue weighted by molar-refractivity contribution is 0.0526. The number of hydroxylamine groups is 1. The van der Waals surface area contributed by atoms with Crippen LogP contribution in [0.15, 0.2) is 6.20 Å². The summed E-state index contributed by atoms with van der Waals surface area (Å²) in [5, 5.41) is 12.5. The van der Waals surface area contributed by atoms with Crippen molar-refractivity contribution in [2.24, 2.45) is 7.05 Å². The van der Waals surface area contributed by atoms with E-state index in [9.17, 15) is 4.79 Å². The third kappa shape index (κ3) is 2.31. The number of thiocarbonyl (C=S) groups is 1. The van der Waals surface area contributed by atoms with Gasteiger partial charge in [0.25, 0.3) is 0 Å². The first-order chi connectivity index (χ1) is 7.11. The van der Waals surface area contributed by atoms with Gasteiger partial charge in [0.05, 0.1) is 12.8 Å². The Bertz CT molecular complexity index is 388. The molecule has 0 saturated heterocycles. The van der Waals surface area contributed by atoms with Crippen molar-refractivity contribution >= 4 is 23.2 Å². The minimum atomic E-state index is -0.516. The second kappa shape index (κ2) is 4.85. The molecule has 0 unspecified atom stereocenters. The Balaban J connectivity index is 3.08. The number of nitrogens with one attached hydrogen (secondary N) is 1. The van der Waals surface area contributed by atoms with E-state index in [2.05, 4.69) is 5.10 Å². The molecule has 1 rings (SSSR count). The Morgan fingerprint density at radius 1 is 1.80 bits per heavy atom. The van der Waals surface area contributed by atoms with E-state index in [4.69, 9.17) is 22.2 Å². The van der Waals surface area contributed by atoms with Crippen LogP contribution in [0.1, 0.15) is 23.0 Å². The molecule has 0 saturated carbocycles. The zero-order chi connectivity index (χ0) is 11.4. The van der Waals surface area contributed by atoms with Crippen LogP contribution < -0.4 is 5.48 Å². The van der Waals surface area contributed by atoms with Gasteiger partial charge in [-0.3, -0.25) is 15.4 Å². The molecule has 0 amide bonds. The average molecular weight is 229 g/mol. The fourth-order valence-corrected chi connectivity index (χ4v) is 1.36. The molecule has 0 radical (unpaired) electrons. The highest BCUT2D eigenvalue weighted by atomic mass is 32.1. The molecule has 1 aromatic rings. The molecule has 7 heteroatoms. The standard InChI is InChI=1S/C8H11N3O3S/c1-3-14-8(12)5-4-9-11(2)6(5)7(15)10-13/h4,13H,3H2,1-2H3,(H,10,15). The number of rotatable bonds is 3. The number of carbonyl (C=O) groups excluding carboxylic acids is 1. The summed E-state index contributed by atoms with van der Waals surface area (Å²) in [4.78, 5) is 11.5. The van der Waals surface area contributed by atoms with E-state index in [-0.39, 0.29) is 17.2 Å². The highest BCUT2D eigenvalue weighted by molar-refractivity contribution is 7.80. The van der Waals surface area contributed by atoms with E-state index >= 15 is 0 Å². The van der Waals surface area contributed by atoms with E-state index in [1.807, 2.05) is 5.48 Å². The first-order valence-electron chi connectivity index (χ1n) is 4.25. The number of aromatic nitrogens is 2. The summed E-state index contributed by atoms with van der Waals surface area (Å²) in [7, 11) is 1.61. The van der Waals surface area contributed by atoms with Crippen molar-refractivity contribution in [2.75, 3.05) is 6.61 Å². The molecular weight excluding hydrogens is 218 g/mol. The van der Waals surface area contributed by atoms with Crippen molar-refractivity contribution in [3.8, 4) is 0 Å². The highest BCUT2D eigenvalue weighted by Gasteiger charge is 2.19. The number of hydrogen-bond donors (Lipinski definition) is 2. The largest absolute Gasteiger partial charge is 0.462 e. The van der Waals surface area contributed by atoms with Crippen molar-refractivity contribution in [1.29, 1.82) is 0 Å². The van der Waals surface area contributed by atoms with Crippen LogP contribution in [0.2, 0.25) is 0 Å². The van der Waals surface area contributed by atoms with Crippen LogP contribution in [0.25, 0.3) is 0 Å². The first kappa shape index (κ1) is 11.6. The van der Waals surface area contributed by atoms with Gasteiger partial charge in [0, 0.05) is 7.05 Å². The third-order valence-electron chi connectivity index (χ3n) is 1.75. The number of aryl methyl sites for hydroxylation is 1. The van der Waals surface area contributed by atoms with Crippen LogP contribution in [-0.4, -0.2) is 32.6 Å². The van der Waals surface area contributed by atoms with Crippen molar-refractivity contribution < 1.29 is 14.7 Å². The van der Waals surface area contributed by atoms with E-state index < -0.39 is 5.97 Å². The van der Waals surface area contributed by atoms with Gasteiger partial charge in [-0.15, -0.1) is 0 Å². The molecular formula is C8H11N3O3S. The van der Waals surface area contributed by atoms with Crippen LogP contribution in [0.4, 0.5) is 0 Å². The summed E-state index contributed by atoms with van der Waals surface area (Å²) in [5.74, 6) is -0.516. The zero-order valence-corrected chi connectivity index (χ0v) is 9.17. The zero-order valence-electron chi connectivity index (χ0n) is 8.35. The van der Waals surface area contributed by atoms with Gasteiger partial charge in [0.2, 0.25) is 0 Å². The minimum Gasteiger partial charge on any atom is -0.462 e. The van der Waals surface area contributed by atoms with Gasteiger partial charge in [-0.25, -0.2) is 4.79 Å². The lowest BCUT2D eigenvalue weighted by Crippen LogP contribution is -2.23. The fourth-order valence-electron chi connectivity index (χ4n) is 1.12. The van der Waals surface area contributed by atoms with Crippen LogP contribution in [0.3, 0.4) is 0 Å². The fraction of sp³-hybridized carbons (Fsp3) is 0.375. The molecule has 0 atom stereocenters. The second-order valence-corrected chi connectivity index (χ2v) is 3.10. The van der Waals surface area contributed by atoms with Crippen molar-refractivity contribution in [1.82, 2.24) is 15.3 Å². The van der Waals surface area contributed by atoms with Crippen LogP contribution >= 0.6 is 12.2 Å². The first-order valence-corrected chi connectivity index (χ1v) is 4.66. The maximum atomic E-state index is 11.5. The second-order valence-electron chi connectivity index (χ2n) is 2.69. The Morgan fingerprint density at radius 3 is 3.00 bits per heavy atom. The SMILES string of the molecule is CCOC(=O)c1cnn(C)c1C(=S)NO. The van der Waals surface area contributed by atoms with Crippen LogP contribution in [0.5, 0.6) is 0 Å². The van der Waals surface area contributed by atoms with Gasteiger partial charge in [-0.05, 0) is 6.92 Å². The number of ether oxygens (including phenoxy) is 1. The monoisotopic (exact) mass is 229 g/mol. The maximum Gasteiger partial charge on any atom is 0.342 e. The predicted molar refractivity (Wildman–Crippen MR) is 55.8 cm³/mol. The van der Waals surface area contributed by atoms with Gasteiger partial charge in [0.1, 0.15) is 16.2 Å². The van der Waals surface area contributed by atoms with Gasteiger partial charge in [-0.1, -0.05) is 12.2 Å². The van der Waals surface area contributed by atoms with Gasteiger partial charge < -0.3 is 4.74 Å². The summed E-state index contributed by atoms with van der Waals surface area (Å²) in [6.45, 7) is 1.98. The topological polar surface area (TPSA) is 76.4 Å². The third-order valence-corrected chi connectivity index (χ3v) is 2.04. The lowest BCUT2D eigenvalue weighted by Gasteiger charge is -2.05. The molecule has 0 fully saturated rings. The number of carbonyl (C=O) groups is 1. The lowest BCUT2D eigenvalue weighted by atomic mass is 10.2. The van der Waals surface area contributed by atoms with Gasteiger partial charge >= 0.3 is 5.97 Å².